The summed E-state index contributed by atoms with van der Waals surface area (Å²) in [6.07, 6.45) is 2.04. The van der Waals surface area contributed by atoms with Crippen molar-refractivity contribution in [3.63, 3.8) is 0 Å². The van der Waals surface area contributed by atoms with Crippen LogP contribution >= 0.6 is 0 Å². The monoisotopic (exact) mass is 304 g/mol. The Morgan fingerprint density at radius 1 is 1.45 bits per heavy atom. The molecular formula is C16H20N2O4. The predicted octanol–water partition coefficient (Wildman–Crippen LogP) is 1.48. The predicted molar refractivity (Wildman–Crippen MR) is 81.0 cm³/mol. The van der Waals surface area contributed by atoms with E-state index in [2.05, 4.69) is 10.5 Å². The zero-order valence-electron chi connectivity index (χ0n) is 12.6. The third kappa shape index (κ3) is 3.22. The van der Waals surface area contributed by atoms with Gasteiger partial charge in [-0.15, -0.1) is 0 Å². The van der Waals surface area contributed by atoms with Crippen molar-refractivity contribution >= 4 is 11.6 Å². The molecule has 0 radical (unpaired) electrons. The SMILES string of the molecule is COc1ccccc1C1=NO[C@H](C(=O)NC[C@@H]2CCCO2)C1. The van der Waals surface area contributed by atoms with E-state index in [0.29, 0.717) is 13.0 Å². The van der Waals surface area contributed by atoms with Gasteiger partial charge in [0.05, 0.1) is 18.9 Å². The van der Waals surface area contributed by atoms with Crippen molar-refractivity contribution in [3.8, 4) is 5.75 Å². The highest BCUT2D eigenvalue weighted by Gasteiger charge is 2.30. The van der Waals surface area contributed by atoms with E-state index in [9.17, 15) is 4.79 Å². The molecule has 2 heterocycles. The number of para-hydroxylation sites is 1. The maximum Gasteiger partial charge on any atom is 0.264 e. The molecule has 22 heavy (non-hydrogen) atoms. The minimum absolute atomic E-state index is 0.125. The van der Waals surface area contributed by atoms with Crippen LogP contribution in [0.2, 0.25) is 0 Å². The van der Waals surface area contributed by atoms with Crippen molar-refractivity contribution in [2.75, 3.05) is 20.3 Å². The lowest BCUT2D eigenvalue weighted by molar-refractivity contribution is -0.131. The summed E-state index contributed by atoms with van der Waals surface area (Å²) in [5, 5.41) is 6.92. The lowest BCUT2D eigenvalue weighted by Gasteiger charge is -2.13. The van der Waals surface area contributed by atoms with Gasteiger partial charge >= 0.3 is 0 Å². The molecule has 2 aliphatic heterocycles. The van der Waals surface area contributed by atoms with Gasteiger partial charge in [0.1, 0.15) is 5.75 Å². The molecule has 2 aliphatic rings. The van der Waals surface area contributed by atoms with Crippen LogP contribution in [0.25, 0.3) is 0 Å². The summed E-state index contributed by atoms with van der Waals surface area (Å²) in [5.41, 5.74) is 1.59. The number of nitrogens with zero attached hydrogens (tertiary/aromatic N) is 1. The first kappa shape index (κ1) is 14.8. The van der Waals surface area contributed by atoms with Crippen LogP contribution in [0.5, 0.6) is 5.75 Å². The quantitative estimate of drug-likeness (QED) is 0.894. The molecule has 3 rings (SSSR count). The van der Waals surface area contributed by atoms with Crippen LogP contribution in [0.4, 0.5) is 0 Å². The van der Waals surface area contributed by atoms with Crippen LogP contribution in [-0.2, 0) is 14.4 Å². The van der Waals surface area contributed by atoms with Gasteiger partial charge in [-0.1, -0.05) is 17.3 Å². The Morgan fingerprint density at radius 3 is 3.09 bits per heavy atom. The highest BCUT2D eigenvalue weighted by molar-refractivity contribution is 6.05. The van der Waals surface area contributed by atoms with Crippen LogP contribution in [0.15, 0.2) is 29.4 Å². The van der Waals surface area contributed by atoms with Crippen LogP contribution in [0.1, 0.15) is 24.8 Å². The Kier molecular flexibility index (Phi) is 4.58. The zero-order valence-corrected chi connectivity index (χ0v) is 12.6. The number of amides is 1. The number of benzene rings is 1. The second-order valence-electron chi connectivity index (χ2n) is 5.42. The van der Waals surface area contributed by atoms with E-state index in [1.807, 2.05) is 24.3 Å². The lowest BCUT2D eigenvalue weighted by atomic mass is 10.0. The van der Waals surface area contributed by atoms with E-state index < -0.39 is 6.10 Å². The smallest absolute Gasteiger partial charge is 0.264 e. The van der Waals surface area contributed by atoms with Crippen molar-refractivity contribution in [1.29, 1.82) is 0 Å². The zero-order chi connectivity index (χ0) is 15.4. The molecule has 0 saturated carbocycles. The number of nitrogens with one attached hydrogen (secondary N) is 1. The second-order valence-corrected chi connectivity index (χ2v) is 5.42. The average Bonchev–Trinajstić information content (AvgIpc) is 3.24. The summed E-state index contributed by atoms with van der Waals surface area (Å²) in [5.74, 6) is 0.578. The number of carbonyl (C=O) groups excluding carboxylic acids is 1. The van der Waals surface area contributed by atoms with E-state index in [4.69, 9.17) is 14.3 Å². The van der Waals surface area contributed by atoms with Gasteiger partial charge in [-0.25, -0.2) is 0 Å². The van der Waals surface area contributed by atoms with Crippen molar-refractivity contribution in [2.45, 2.75) is 31.5 Å². The molecule has 1 aromatic carbocycles. The van der Waals surface area contributed by atoms with Gasteiger partial charge in [0.2, 0.25) is 6.10 Å². The van der Waals surface area contributed by atoms with Crippen molar-refractivity contribution in [3.05, 3.63) is 29.8 Å². The Morgan fingerprint density at radius 2 is 2.32 bits per heavy atom. The van der Waals surface area contributed by atoms with Gasteiger partial charge in [-0.05, 0) is 25.0 Å². The highest BCUT2D eigenvalue weighted by atomic mass is 16.6. The Balaban J connectivity index is 1.55. The minimum atomic E-state index is -0.582. The summed E-state index contributed by atoms with van der Waals surface area (Å²) in [7, 11) is 1.61. The summed E-state index contributed by atoms with van der Waals surface area (Å²) in [4.78, 5) is 17.4. The first-order valence-electron chi connectivity index (χ1n) is 7.53. The molecule has 0 aliphatic carbocycles. The molecule has 1 fully saturated rings. The molecule has 118 valence electrons. The number of carbonyl (C=O) groups is 1. The molecule has 6 nitrogen and oxygen atoms in total. The van der Waals surface area contributed by atoms with E-state index >= 15 is 0 Å². The number of hydrogen-bond acceptors (Lipinski definition) is 5. The summed E-state index contributed by atoms with van der Waals surface area (Å²) >= 11 is 0. The number of hydrogen-bond donors (Lipinski definition) is 1. The van der Waals surface area contributed by atoms with Gasteiger partial charge in [0.25, 0.3) is 5.91 Å². The van der Waals surface area contributed by atoms with Crippen LogP contribution in [0, 0.1) is 0 Å². The molecule has 6 heteroatoms. The third-order valence-corrected chi connectivity index (χ3v) is 3.91. The largest absolute Gasteiger partial charge is 0.496 e. The van der Waals surface area contributed by atoms with Gasteiger partial charge in [0, 0.05) is 25.1 Å². The molecule has 1 saturated heterocycles. The first-order valence-corrected chi connectivity index (χ1v) is 7.53. The normalized spacial score (nSPS) is 23.8. The summed E-state index contributed by atoms with van der Waals surface area (Å²) < 4.78 is 10.8. The molecule has 0 unspecified atom stereocenters. The van der Waals surface area contributed by atoms with Crippen molar-refractivity contribution < 1.29 is 19.1 Å². The number of rotatable bonds is 5. The topological polar surface area (TPSA) is 69.2 Å². The van der Waals surface area contributed by atoms with Crippen molar-refractivity contribution in [2.24, 2.45) is 5.16 Å². The first-order chi connectivity index (χ1) is 10.8. The fourth-order valence-electron chi connectivity index (χ4n) is 2.69. The van der Waals surface area contributed by atoms with Crippen LogP contribution in [-0.4, -0.2) is 44.1 Å². The molecule has 1 N–H and O–H groups in total. The van der Waals surface area contributed by atoms with E-state index in [-0.39, 0.29) is 12.0 Å². The molecule has 0 aromatic heterocycles. The molecule has 2 atom stereocenters. The van der Waals surface area contributed by atoms with Crippen LogP contribution in [0.3, 0.4) is 0 Å². The van der Waals surface area contributed by atoms with E-state index in [0.717, 1.165) is 36.5 Å². The fraction of sp³-hybridized carbons (Fsp3) is 0.500. The number of oxime groups is 1. The van der Waals surface area contributed by atoms with Gasteiger partial charge in [-0.3, -0.25) is 4.79 Å². The Bertz CT molecular complexity index is 567. The number of ether oxygens (including phenoxy) is 2. The minimum Gasteiger partial charge on any atom is -0.496 e. The summed E-state index contributed by atoms with van der Waals surface area (Å²) in [6, 6.07) is 7.58. The Labute approximate surface area is 129 Å². The fourth-order valence-corrected chi connectivity index (χ4v) is 2.69. The standard InChI is InChI=1S/C16H20N2O4/c1-20-14-7-3-2-6-12(14)13-9-15(22-18-13)16(19)17-10-11-5-4-8-21-11/h2-3,6-7,11,15H,4-5,8-10H2,1H3,(H,17,19)/t11-,15-/m0/s1. The third-order valence-electron chi connectivity index (χ3n) is 3.91. The maximum absolute atomic E-state index is 12.1. The molecule has 1 aromatic rings. The lowest BCUT2D eigenvalue weighted by Crippen LogP contribution is -2.39. The second kappa shape index (κ2) is 6.79. The molecular weight excluding hydrogens is 284 g/mol. The average molecular weight is 304 g/mol. The molecule has 0 spiro atoms. The van der Waals surface area contributed by atoms with Crippen molar-refractivity contribution in [1.82, 2.24) is 5.32 Å². The van der Waals surface area contributed by atoms with E-state index in [1.54, 1.807) is 7.11 Å². The van der Waals surface area contributed by atoms with Gasteiger partial charge < -0.3 is 19.6 Å². The van der Waals surface area contributed by atoms with E-state index in [1.165, 1.54) is 0 Å². The summed E-state index contributed by atoms with van der Waals surface area (Å²) in [6.45, 7) is 1.31. The maximum atomic E-state index is 12.1. The highest BCUT2D eigenvalue weighted by Crippen LogP contribution is 2.24. The van der Waals surface area contributed by atoms with Gasteiger partial charge in [-0.2, -0.15) is 0 Å². The number of methoxy groups -OCH3 is 1. The van der Waals surface area contributed by atoms with Crippen LogP contribution < -0.4 is 10.1 Å². The van der Waals surface area contributed by atoms with Gasteiger partial charge in [0.15, 0.2) is 0 Å². The Hall–Kier alpha value is -2.08. The molecule has 1 amide bonds. The molecule has 0 bridgehead atoms.